The van der Waals surface area contributed by atoms with Crippen LogP contribution in [0, 0.1) is 5.92 Å². The van der Waals surface area contributed by atoms with Crippen LogP contribution in [0.3, 0.4) is 0 Å². The molecule has 3 aromatic rings. The standard InChI is InChI=1S/C22H23N3O4S2/c1-25-21(13-16-11-12-31(27,28)15-16)23-24-22(25)30-14-20(26)17-7-9-19(10-8-17)29-18-5-3-2-4-6-18/h2-10,16H,11-15H2,1H3. The number of para-hydroxylation sites is 1. The van der Waals surface area contributed by atoms with Crippen molar-refractivity contribution < 1.29 is 17.9 Å². The number of sulfone groups is 1. The van der Waals surface area contributed by atoms with Crippen molar-refractivity contribution in [1.82, 2.24) is 14.8 Å². The highest BCUT2D eigenvalue weighted by molar-refractivity contribution is 7.99. The quantitative estimate of drug-likeness (QED) is 0.377. The third-order valence-corrected chi connectivity index (χ3v) is 8.07. The zero-order valence-corrected chi connectivity index (χ0v) is 18.7. The van der Waals surface area contributed by atoms with Crippen molar-refractivity contribution in [2.24, 2.45) is 13.0 Å². The minimum atomic E-state index is -2.91. The summed E-state index contributed by atoms with van der Waals surface area (Å²) in [4.78, 5) is 12.6. The monoisotopic (exact) mass is 457 g/mol. The minimum Gasteiger partial charge on any atom is -0.457 e. The van der Waals surface area contributed by atoms with Crippen LogP contribution in [0.1, 0.15) is 22.6 Å². The Kier molecular flexibility index (Phi) is 6.43. The third kappa shape index (κ3) is 5.54. The number of Topliss-reactive ketones (excluding diaryl/α,β-unsaturated/α-hetero) is 1. The molecule has 0 saturated carbocycles. The van der Waals surface area contributed by atoms with E-state index in [1.165, 1.54) is 11.8 Å². The fraction of sp³-hybridized carbons (Fsp3) is 0.318. The Morgan fingerprint density at radius 3 is 2.48 bits per heavy atom. The second-order valence-electron chi connectivity index (χ2n) is 7.58. The molecule has 31 heavy (non-hydrogen) atoms. The molecule has 9 heteroatoms. The molecule has 0 aliphatic carbocycles. The molecule has 0 radical (unpaired) electrons. The lowest BCUT2D eigenvalue weighted by atomic mass is 10.1. The molecule has 1 fully saturated rings. The molecule has 162 valence electrons. The van der Waals surface area contributed by atoms with E-state index < -0.39 is 9.84 Å². The molecular weight excluding hydrogens is 434 g/mol. The largest absolute Gasteiger partial charge is 0.457 e. The average Bonchev–Trinajstić information content (AvgIpc) is 3.29. The number of hydrogen-bond acceptors (Lipinski definition) is 7. The minimum absolute atomic E-state index is 0.0114. The molecule has 1 aromatic heterocycles. The van der Waals surface area contributed by atoms with Crippen LogP contribution in [0.2, 0.25) is 0 Å². The maximum atomic E-state index is 12.6. The number of aromatic nitrogens is 3. The van der Waals surface area contributed by atoms with E-state index in [1.807, 2.05) is 41.9 Å². The van der Waals surface area contributed by atoms with E-state index in [4.69, 9.17) is 4.74 Å². The summed E-state index contributed by atoms with van der Waals surface area (Å²) in [5.74, 6) is 2.94. The smallest absolute Gasteiger partial charge is 0.191 e. The van der Waals surface area contributed by atoms with E-state index in [9.17, 15) is 13.2 Å². The molecular formula is C22H23N3O4S2. The van der Waals surface area contributed by atoms with Gasteiger partial charge in [-0.2, -0.15) is 0 Å². The predicted molar refractivity (Wildman–Crippen MR) is 119 cm³/mol. The topological polar surface area (TPSA) is 91.1 Å². The number of carbonyl (C=O) groups excluding carboxylic acids is 1. The van der Waals surface area contributed by atoms with Crippen LogP contribution in [0.25, 0.3) is 0 Å². The SMILES string of the molecule is Cn1c(CC2CCS(=O)(=O)C2)nnc1SCC(=O)c1ccc(Oc2ccccc2)cc1. The molecule has 1 aliphatic heterocycles. The molecule has 0 N–H and O–H groups in total. The van der Waals surface area contributed by atoms with Gasteiger partial charge >= 0.3 is 0 Å². The molecule has 1 saturated heterocycles. The summed E-state index contributed by atoms with van der Waals surface area (Å²) in [6.45, 7) is 0. The number of ether oxygens (including phenoxy) is 1. The number of ketones is 1. The molecule has 2 heterocycles. The van der Waals surface area contributed by atoms with Gasteiger partial charge in [-0.25, -0.2) is 8.42 Å². The van der Waals surface area contributed by atoms with Gasteiger partial charge in [0.2, 0.25) is 0 Å². The van der Waals surface area contributed by atoms with Gasteiger partial charge in [-0.15, -0.1) is 10.2 Å². The van der Waals surface area contributed by atoms with Crippen molar-refractivity contribution in [3.63, 3.8) is 0 Å². The van der Waals surface area contributed by atoms with Crippen molar-refractivity contribution in [3.8, 4) is 11.5 Å². The third-order valence-electron chi connectivity index (χ3n) is 5.21. The van der Waals surface area contributed by atoms with Gasteiger partial charge in [0, 0.05) is 19.0 Å². The second kappa shape index (κ2) is 9.23. The summed E-state index contributed by atoms with van der Waals surface area (Å²) in [6.07, 6.45) is 1.25. The molecule has 1 unspecified atom stereocenters. The van der Waals surface area contributed by atoms with Crippen LogP contribution >= 0.6 is 11.8 Å². The van der Waals surface area contributed by atoms with E-state index >= 15 is 0 Å². The molecule has 0 spiro atoms. The fourth-order valence-corrected chi connectivity index (χ4v) is 6.17. The predicted octanol–water partition coefficient (Wildman–Crippen LogP) is 3.56. The first-order chi connectivity index (χ1) is 14.9. The number of benzene rings is 2. The maximum Gasteiger partial charge on any atom is 0.191 e. The Morgan fingerprint density at radius 2 is 1.81 bits per heavy atom. The van der Waals surface area contributed by atoms with E-state index in [0.717, 1.165) is 11.6 Å². The van der Waals surface area contributed by atoms with Crippen LogP contribution in [-0.2, 0) is 23.3 Å². The Morgan fingerprint density at radius 1 is 1.10 bits per heavy atom. The summed E-state index contributed by atoms with van der Waals surface area (Å²) in [7, 11) is -1.06. The Hall–Kier alpha value is -2.65. The number of thioether (sulfide) groups is 1. The summed E-state index contributed by atoms with van der Waals surface area (Å²) < 4.78 is 30.9. The van der Waals surface area contributed by atoms with Crippen LogP contribution in [0.15, 0.2) is 59.8 Å². The van der Waals surface area contributed by atoms with Crippen molar-refractivity contribution in [1.29, 1.82) is 0 Å². The molecule has 2 aromatic carbocycles. The summed E-state index contributed by atoms with van der Waals surface area (Å²) in [6, 6.07) is 16.5. The van der Waals surface area contributed by atoms with Crippen LogP contribution in [-0.4, -0.2) is 46.2 Å². The molecule has 0 amide bonds. The molecule has 7 nitrogen and oxygen atoms in total. The summed E-state index contributed by atoms with van der Waals surface area (Å²) in [5.41, 5.74) is 0.603. The Labute approximate surface area is 185 Å². The highest BCUT2D eigenvalue weighted by Gasteiger charge is 2.29. The fourth-order valence-electron chi connectivity index (χ4n) is 3.49. The second-order valence-corrected chi connectivity index (χ2v) is 10.8. The first kappa shape index (κ1) is 21.6. The highest BCUT2D eigenvalue weighted by atomic mass is 32.2. The van der Waals surface area contributed by atoms with E-state index in [1.54, 1.807) is 24.3 Å². The van der Waals surface area contributed by atoms with Crippen molar-refractivity contribution >= 4 is 27.4 Å². The zero-order chi connectivity index (χ0) is 21.8. The first-order valence-corrected chi connectivity index (χ1v) is 12.8. The average molecular weight is 458 g/mol. The number of carbonyl (C=O) groups is 1. The Balaban J connectivity index is 1.32. The zero-order valence-electron chi connectivity index (χ0n) is 17.1. The number of nitrogens with zero attached hydrogens (tertiary/aromatic N) is 3. The molecule has 0 bridgehead atoms. The lowest BCUT2D eigenvalue weighted by Crippen LogP contribution is -2.11. The van der Waals surface area contributed by atoms with Gasteiger partial charge in [0.1, 0.15) is 17.3 Å². The van der Waals surface area contributed by atoms with E-state index in [2.05, 4.69) is 10.2 Å². The van der Waals surface area contributed by atoms with Crippen molar-refractivity contribution in [2.45, 2.75) is 18.0 Å². The summed E-state index contributed by atoms with van der Waals surface area (Å²) >= 11 is 1.33. The van der Waals surface area contributed by atoms with Gasteiger partial charge in [-0.05, 0) is 48.7 Å². The number of hydrogen-bond donors (Lipinski definition) is 0. The molecule has 1 atom stereocenters. The highest BCUT2D eigenvalue weighted by Crippen LogP contribution is 2.25. The van der Waals surface area contributed by atoms with Crippen LogP contribution < -0.4 is 4.74 Å². The normalized spacial score (nSPS) is 17.5. The van der Waals surface area contributed by atoms with Gasteiger partial charge in [0.05, 0.1) is 17.3 Å². The van der Waals surface area contributed by atoms with Gasteiger partial charge < -0.3 is 9.30 Å². The van der Waals surface area contributed by atoms with Crippen LogP contribution in [0.4, 0.5) is 0 Å². The maximum absolute atomic E-state index is 12.6. The molecule has 1 aliphatic rings. The summed E-state index contributed by atoms with van der Waals surface area (Å²) in [5, 5.41) is 9.02. The molecule has 4 rings (SSSR count). The van der Waals surface area contributed by atoms with Gasteiger partial charge in [0.25, 0.3) is 0 Å². The Bertz CT molecular complexity index is 1160. The van der Waals surface area contributed by atoms with Crippen LogP contribution in [0.5, 0.6) is 11.5 Å². The van der Waals surface area contributed by atoms with E-state index in [-0.39, 0.29) is 29.0 Å². The lowest BCUT2D eigenvalue weighted by Gasteiger charge is -2.08. The van der Waals surface area contributed by atoms with Gasteiger partial charge in [-0.1, -0.05) is 30.0 Å². The van der Waals surface area contributed by atoms with Gasteiger partial charge in [0.15, 0.2) is 20.8 Å². The first-order valence-electron chi connectivity index (χ1n) is 9.97. The van der Waals surface area contributed by atoms with Gasteiger partial charge in [-0.3, -0.25) is 4.79 Å². The number of rotatable bonds is 8. The van der Waals surface area contributed by atoms with Crippen molar-refractivity contribution in [3.05, 3.63) is 66.0 Å². The van der Waals surface area contributed by atoms with Crippen molar-refractivity contribution in [2.75, 3.05) is 17.3 Å². The lowest BCUT2D eigenvalue weighted by molar-refractivity contribution is 0.102. The van der Waals surface area contributed by atoms with E-state index in [0.29, 0.717) is 29.3 Å².